The van der Waals surface area contributed by atoms with Crippen LogP contribution in [-0.2, 0) is 10.8 Å². The SMILES string of the molecule is O=C1N(CCCCN2CCN(c3ccc(F)cc3)CC2)C(O)=CS1=O. The van der Waals surface area contributed by atoms with Crippen LogP contribution in [0.3, 0.4) is 0 Å². The van der Waals surface area contributed by atoms with Crippen LogP contribution in [0.5, 0.6) is 0 Å². The number of aliphatic hydroxyl groups excluding tert-OH is 1. The number of aliphatic hydroxyl groups is 1. The lowest BCUT2D eigenvalue weighted by Crippen LogP contribution is -2.46. The highest BCUT2D eigenvalue weighted by Crippen LogP contribution is 2.18. The summed E-state index contributed by atoms with van der Waals surface area (Å²) >= 11 is 0. The molecule has 25 heavy (non-hydrogen) atoms. The van der Waals surface area contributed by atoms with Gasteiger partial charge in [0.15, 0.2) is 0 Å². The predicted molar refractivity (Wildman–Crippen MR) is 95.2 cm³/mol. The van der Waals surface area contributed by atoms with Gasteiger partial charge in [0.1, 0.15) is 16.6 Å². The first-order chi connectivity index (χ1) is 12.0. The maximum absolute atomic E-state index is 13.0. The smallest absolute Gasteiger partial charge is 0.322 e. The van der Waals surface area contributed by atoms with E-state index >= 15 is 0 Å². The highest BCUT2D eigenvalue weighted by Gasteiger charge is 2.29. The summed E-state index contributed by atoms with van der Waals surface area (Å²) < 4.78 is 24.3. The lowest BCUT2D eigenvalue weighted by molar-refractivity contribution is 0.199. The minimum Gasteiger partial charge on any atom is -0.494 e. The van der Waals surface area contributed by atoms with Gasteiger partial charge in [-0.2, -0.15) is 0 Å². The molecule has 0 aliphatic carbocycles. The summed E-state index contributed by atoms with van der Waals surface area (Å²) in [6.07, 6.45) is 1.65. The molecule has 1 amide bonds. The monoisotopic (exact) mass is 367 g/mol. The Bertz CT molecular complexity index is 672. The Morgan fingerprint density at radius 1 is 1.04 bits per heavy atom. The summed E-state index contributed by atoms with van der Waals surface area (Å²) in [5.74, 6) is -0.417. The zero-order chi connectivity index (χ0) is 17.8. The van der Waals surface area contributed by atoms with Crippen molar-refractivity contribution in [3.8, 4) is 0 Å². The second-order valence-corrected chi connectivity index (χ2v) is 7.38. The number of hydrogen-bond donors (Lipinski definition) is 1. The van der Waals surface area contributed by atoms with Gasteiger partial charge >= 0.3 is 5.24 Å². The van der Waals surface area contributed by atoms with Crippen LogP contribution in [0.4, 0.5) is 14.9 Å². The van der Waals surface area contributed by atoms with Crippen molar-refractivity contribution in [2.75, 3.05) is 44.2 Å². The summed E-state index contributed by atoms with van der Waals surface area (Å²) in [6.45, 7) is 5.00. The number of benzene rings is 1. The molecule has 8 heteroatoms. The Morgan fingerprint density at radius 3 is 2.28 bits per heavy atom. The predicted octanol–water partition coefficient (Wildman–Crippen LogP) is 2.27. The molecule has 2 heterocycles. The number of nitrogens with zero attached hydrogens (tertiary/aromatic N) is 3. The maximum atomic E-state index is 13.0. The van der Waals surface area contributed by atoms with Crippen molar-refractivity contribution in [2.24, 2.45) is 0 Å². The van der Waals surface area contributed by atoms with Gasteiger partial charge in [0, 0.05) is 38.4 Å². The molecule has 6 nitrogen and oxygen atoms in total. The largest absolute Gasteiger partial charge is 0.494 e. The van der Waals surface area contributed by atoms with E-state index in [0.29, 0.717) is 6.54 Å². The molecule has 0 saturated carbocycles. The van der Waals surface area contributed by atoms with Gasteiger partial charge in [-0.25, -0.2) is 8.60 Å². The van der Waals surface area contributed by atoms with E-state index in [1.165, 1.54) is 17.0 Å². The molecule has 1 atom stereocenters. The number of hydrogen-bond acceptors (Lipinski definition) is 5. The lowest BCUT2D eigenvalue weighted by atomic mass is 10.2. The van der Waals surface area contributed by atoms with Gasteiger partial charge in [0.2, 0.25) is 5.88 Å². The van der Waals surface area contributed by atoms with Crippen molar-refractivity contribution in [1.29, 1.82) is 0 Å². The Balaban J connectivity index is 1.36. The van der Waals surface area contributed by atoms with Gasteiger partial charge < -0.3 is 10.0 Å². The van der Waals surface area contributed by atoms with Crippen LogP contribution in [0.15, 0.2) is 35.6 Å². The van der Waals surface area contributed by atoms with Gasteiger partial charge in [0.05, 0.1) is 5.41 Å². The number of anilines is 1. The lowest BCUT2D eigenvalue weighted by Gasteiger charge is -2.36. The topological polar surface area (TPSA) is 64.1 Å². The number of rotatable bonds is 6. The van der Waals surface area contributed by atoms with E-state index < -0.39 is 16.0 Å². The third-order valence-electron chi connectivity index (χ3n) is 4.55. The summed E-state index contributed by atoms with van der Waals surface area (Å²) in [5.41, 5.74) is 1.05. The molecule has 0 spiro atoms. The minimum absolute atomic E-state index is 0.198. The van der Waals surface area contributed by atoms with Crippen LogP contribution < -0.4 is 4.90 Å². The third kappa shape index (κ3) is 4.38. The molecule has 1 aromatic rings. The van der Waals surface area contributed by atoms with Gasteiger partial charge in [-0.3, -0.25) is 14.6 Å². The fraction of sp³-hybridized carbons (Fsp3) is 0.471. The Morgan fingerprint density at radius 2 is 1.68 bits per heavy atom. The summed E-state index contributed by atoms with van der Waals surface area (Å²) in [4.78, 5) is 17.4. The first kappa shape index (κ1) is 17.9. The molecule has 3 rings (SSSR count). The minimum atomic E-state index is -1.73. The fourth-order valence-corrected chi connectivity index (χ4v) is 3.93. The zero-order valence-corrected chi connectivity index (χ0v) is 14.8. The van der Waals surface area contributed by atoms with Crippen LogP contribution in [0.1, 0.15) is 12.8 Å². The molecular formula is C17H22FN3O3S. The highest BCUT2D eigenvalue weighted by atomic mass is 32.2. The van der Waals surface area contributed by atoms with E-state index in [0.717, 1.165) is 56.7 Å². The Labute approximate surface area is 149 Å². The first-order valence-electron chi connectivity index (χ1n) is 8.40. The van der Waals surface area contributed by atoms with Crippen molar-refractivity contribution in [3.63, 3.8) is 0 Å². The quantitative estimate of drug-likeness (QED) is 0.782. The van der Waals surface area contributed by atoms with Crippen LogP contribution in [0.25, 0.3) is 0 Å². The zero-order valence-electron chi connectivity index (χ0n) is 13.9. The second-order valence-electron chi connectivity index (χ2n) is 6.20. The first-order valence-corrected chi connectivity index (χ1v) is 9.61. The van der Waals surface area contributed by atoms with Gasteiger partial charge in [-0.1, -0.05) is 0 Å². The van der Waals surface area contributed by atoms with E-state index in [1.54, 1.807) is 0 Å². The molecular weight excluding hydrogens is 345 g/mol. The molecule has 1 N–H and O–H groups in total. The number of halogens is 1. The highest BCUT2D eigenvalue weighted by molar-refractivity contribution is 8.03. The normalized spacial score (nSPS) is 21.7. The summed E-state index contributed by atoms with van der Waals surface area (Å²) in [6, 6.07) is 6.58. The molecule has 0 bridgehead atoms. The maximum Gasteiger partial charge on any atom is 0.322 e. The Hall–Kier alpha value is -1.93. The molecule has 1 unspecified atom stereocenters. The molecule has 1 saturated heterocycles. The van der Waals surface area contributed by atoms with Crippen molar-refractivity contribution >= 4 is 21.7 Å². The van der Waals surface area contributed by atoms with Crippen molar-refractivity contribution in [2.45, 2.75) is 12.8 Å². The summed E-state index contributed by atoms with van der Waals surface area (Å²) in [5, 5.41) is 10.1. The van der Waals surface area contributed by atoms with Crippen molar-refractivity contribution in [3.05, 3.63) is 41.4 Å². The molecule has 1 aromatic carbocycles. The van der Waals surface area contributed by atoms with E-state index in [2.05, 4.69) is 9.80 Å². The van der Waals surface area contributed by atoms with E-state index in [4.69, 9.17) is 0 Å². The average Bonchev–Trinajstić information content (AvgIpc) is 2.86. The Kier molecular flexibility index (Phi) is 5.70. The molecule has 136 valence electrons. The molecule has 1 fully saturated rings. The fourth-order valence-electron chi connectivity index (χ4n) is 3.10. The van der Waals surface area contributed by atoms with E-state index in [-0.39, 0.29) is 11.7 Å². The second kappa shape index (κ2) is 7.97. The number of carbonyl (C=O) groups excluding carboxylic acids is 1. The molecule has 2 aliphatic heterocycles. The van der Waals surface area contributed by atoms with E-state index in [9.17, 15) is 18.5 Å². The molecule has 0 aromatic heterocycles. The molecule has 0 radical (unpaired) electrons. The van der Waals surface area contributed by atoms with Gasteiger partial charge in [0.25, 0.3) is 0 Å². The van der Waals surface area contributed by atoms with Crippen LogP contribution in [-0.4, -0.2) is 63.6 Å². The third-order valence-corrected chi connectivity index (χ3v) is 5.54. The number of amides is 1. The standard InChI is InChI=1S/C17H22FN3O3S/c18-14-3-5-15(6-4-14)20-11-9-19(10-12-20)7-1-2-8-21-16(22)13-25(24)17(21)23/h3-6,13,22H,1-2,7-12H2. The number of unbranched alkanes of at least 4 members (excludes halogenated alkanes) is 1. The van der Waals surface area contributed by atoms with Gasteiger partial charge in [-0.15, -0.1) is 0 Å². The van der Waals surface area contributed by atoms with Crippen LogP contribution in [0.2, 0.25) is 0 Å². The number of piperazine rings is 1. The van der Waals surface area contributed by atoms with Gasteiger partial charge in [-0.05, 0) is 43.7 Å². The molecule has 2 aliphatic rings. The van der Waals surface area contributed by atoms with Crippen LogP contribution in [0, 0.1) is 5.82 Å². The van der Waals surface area contributed by atoms with Crippen LogP contribution >= 0.6 is 0 Å². The van der Waals surface area contributed by atoms with Crippen molar-refractivity contribution in [1.82, 2.24) is 9.80 Å². The average molecular weight is 367 g/mol. The summed E-state index contributed by atoms with van der Waals surface area (Å²) in [7, 11) is -1.73. The van der Waals surface area contributed by atoms with E-state index in [1.807, 2.05) is 12.1 Å². The number of carbonyl (C=O) groups is 1. The van der Waals surface area contributed by atoms with Crippen molar-refractivity contribution < 1.29 is 18.5 Å².